The summed E-state index contributed by atoms with van der Waals surface area (Å²) < 4.78 is 77.4. The maximum atomic E-state index is 12.5. The SMILES string of the molecule is CNc1ncnc2c1ncn2[C@@H]1O[C@H](COOP(=O)([O-])OP(=O)([O-])OP(=O)([O-])OC[C@H]2O[C@@H](N3CN(C)c4c3nc(N)[nH]c4=O)[C@@H](O)C2OC)CC1OC. The first kappa shape index (κ1) is 40.5. The Morgan fingerprint density at radius 2 is 1.80 bits per heavy atom. The van der Waals surface area contributed by atoms with Crippen molar-refractivity contribution >= 4 is 57.9 Å². The number of aromatic nitrogens is 6. The lowest BCUT2D eigenvalue weighted by molar-refractivity contribution is -0.312. The lowest BCUT2D eigenvalue weighted by Crippen LogP contribution is -2.46. The van der Waals surface area contributed by atoms with Crippen molar-refractivity contribution < 1.29 is 75.1 Å². The average Bonchev–Trinajstić information content (AvgIpc) is 3.85. The van der Waals surface area contributed by atoms with E-state index < -0.39 is 85.2 Å². The molecule has 3 aliphatic heterocycles. The third kappa shape index (κ3) is 8.46. The summed E-state index contributed by atoms with van der Waals surface area (Å²) in [6.45, 7) is -1.59. The first-order chi connectivity index (χ1) is 25.5. The van der Waals surface area contributed by atoms with Gasteiger partial charge >= 0.3 is 7.82 Å². The second kappa shape index (κ2) is 15.7. The molecule has 30 heteroatoms. The molecule has 0 aliphatic carbocycles. The molecule has 3 aliphatic rings. The van der Waals surface area contributed by atoms with E-state index in [1.807, 2.05) is 0 Å². The third-order valence-electron chi connectivity index (χ3n) is 8.31. The highest BCUT2D eigenvalue weighted by Gasteiger charge is 2.50. The highest BCUT2D eigenvalue weighted by Crippen LogP contribution is 2.63. The number of imidazole rings is 1. The van der Waals surface area contributed by atoms with E-state index in [0.29, 0.717) is 17.0 Å². The number of phosphoric acid groups is 3. The smallest absolute Gasteiger partial charge is 0.304 e. The van der Waals surface area contributed by atoms with Gasteiger partial charge in [0.05, 0.1) is 25.7 Å². The summed E-state index contributed by atoms with van der Waals surface area (Å²) in [5.74, 6) is 0.291. The Morgan fingerprint density at radius 3 is 2.50 bits per heavy atom. The van der Waals surface area contributed by atoms with Crippen molar-refractivity contribution in [3.63, 3.8) is 0 Å². The van der Waals surface area contributed by atoms with Crippen LogP contribution in [0.5, 0.6) is 0 Å². The van der Waals surface area contributed by atoms with Crippen LogP contribution in [0.1, 0.15) is 12.6 Å². The van der Waals surface area contributed by atoms with E-state index in [4.69, 9.17) is 24.7 Å². The van der Waals surface area contributed by atoms with Gasteiger partial charge in [0.15, 0.2) is 29.7 Å². The molecule has 0 radical (unpaired) electrons. The molecule has 0 saturated carbocycles. The molecule has 5 N–H and O–H groups in total. The van der Waals surface area contributed by atoms with Gasteiger partial charge in [0.2, 0.25) is 5.95 Å². The van der Waals surface area contributed by atoms with Crippen molar-refractivity contribution in [2.75, 3.05) is 69.0 Å². The predicted octanol–water partition coefficient (Wildman–Crippen LogP) is -2.75. The van der Waals surface area contributed by atoms with Crippen molar-refractivity contribution in [2.45, 2.75) is 49.4 Å². The van der Waals surface area contributed by atoms with Crippen molar-refractivity contribution in [1.29, 1.82) is 0 Å². The van der Waals surface area contributed by atoms with Gasteiger partial charge in [0, 0.05) is 34.7 Å². The number of aromatic amines is 1. The molecule has 300 valence electrons. The number of H-pyrrole nitrogens is 1. The third-order valence-corrected chi connectivity index (χ3v) is 12.3. The molecular formula is C24H34N10O17P3-3. The van der Waals surface area contributed by atoms with Crippen LogP contribution in [-0.4, -0.2) is 120 Å². The summed E-state index contributed by atoms with van der Waals surface area (Å²) >= 11 is 0. The molecule has 0 spiro atoms. The molecule has 6 heterocycles. The Labute approximate surface area is 303 Å². The van der Waals surface area contributed by atoms with Crippen LogP contribution in [0.2, 0.25) is 0 Å². The molecule has 3 aromatic heterocycles. The number of rotatable bonds is 16. The van der Waals surface area contributed by atoms with E-state index in [2.05, 4.69) is 52.9 Å². The molecule has 0 bridgehead atoms. The summed E-state index contributed by atoms with van der Waals surface area (Å²) in [7, 11) is -12.3. The van der Waals surface area contributed by atoms with E-state index in [-0.39, 0.29) is 30.5 Å². The number of anilines is 4. The van der Waals surface area contributed by atoms with Gasteiger partial charge in [-0.25, -0.2) is 28.5 Å². The van der Waals surface area contributed by atoms with Crippen LogP contribution in [0, 0.1) is 0 Å². The Balaban J connectivity index is 1.00. The minimum absolute atomic E-state index is 0.0139. The van der Waals surface area contributed by atoms with Crippen molar-refractivity contribution in [3.8, 4) is 0 Å². The highest BCUT2D eigenvalue weighted by atomic mass is 31.3. The first-order valence-corrected chi connectivity index (χ1v) is 19.9. The van der Waals surface area contributed by atoms with E-state index in [9.17, 15) is 38.3 Å². The summed E-state index contributed by atoms with van der Waals surface area (Å²) in [4.78, 5) is 76.0. The standard InChI is InChI=1S/C24H37N10O17P3/c1-26-18-14-19(28-8-27-18)33(9-29-14)22-12(43-3)5-11(47-22)6-45-49-53(39,40)51-54(41,42)50-52(37,38)46-7-13-17(44-4)16(35)23(48-13)34-10-32(2)15-20(34)30-24(25)31-21(15)36/h8-9,11-13,16-17,22-23,35H,5-7,10H2,1-4H3,(H,37,38)(H,39,40)(H,41,42)(H,26,27,28)(H3,25,30,31,36)/p-3/t11-,12?,13+,16-,17?,22+,23+/m0/s1. The molecular weight excluding hydrogens is 793 g/mol. The molecule has 6 rings (SSSR count). The minimum Gasteiger partial charge on any atom is -0.756 e. The summed E-state index contributed by atoms with van der Waals surface area (Å²) in [5, 5.41) is 13.8. The molecule has 2 saturated heterocycles. The molecule has 54 heavy (non-hydrogen) atoms. The number of ether oxygens (including phenoxy) is 4. The number of phosphoric ester groups is 1. The van der Waals surface area contributed by atoms with Gasteiger partial charge in [0.1, 0.15) is 48.6 Å². The number of nitrogen functional groups attached to an aromatic ring is 1. The molecule has 5 unspecified atom stereocenters. The number of nitrogens with two attached hydrogens (primary N) is 1. The number of hydrogen-bond donors (Lipinski definition) is 4. The normalized spacial score (nSPS) is 28.9. The maximum absolute atomic E-state index is 12.5. The quantitative estimate of drug-likeness (QED) is 0.0646. The number of nitrogens with zero attached hydrogens (tertiary/aromatic N) is 7. The Kier molecular flexibility index (Phi) is 11.8. The van der Waals surface area contributed by atoms with Gasteiger partial charge in [-0.05, 0) is 0 Å². The number of hydrogen-bond acceptors (Lipinski definition) is 25. The summed E-state index contributed by atoms with van der Waals surface area (Å²) in [5.41, 5.74) is 6.07. The minimum atomic E-state index is -6.26. The van der Waals surface area contributed by atoms with E-state index >= 15 is 0 Å². The zero-order valence-corrected chi connectivity index (χ0v) is 31.2. The van der Waals surface area contributed by atoms with E-state index in [1.165, 1.54) is 36.7 Å². The molecule has 10 atom stereocenters. The number of aliphatic hydroxyl groups excluding tert-OH is 1. The molecule has 3 aromatic rings. The van der Waals surface area contributed by atoms with Crippen molar-refractivity contribution in [3.05, 3.63) is 23.0 Å². The van der Waals surface area contributed by atoms with Crippen LogP contribution in [0.3, 0.4) is 0 Å². The fourth-order valence-corrected chi connectivity index (χ4v) is 9.28. The topological polar surface area (TPSA) is 358 Å². The van der Waals surface area contributed by atoms with E-state index in [1.54, 1.807) is 18.7 Å². The van der Waals surface area contributed by atoms with Gasteiger partial charge in [-0.15, -0.1) is 0 Å². The van der Waals surface area contributed by atoms with Crippen LogP contribution in [0.4, 0.5) is 23.3 Å². The van der Waals surface area contributed by atoms with Gasteiger partial charge in [0.25, 0.3) is 21.2 Å². The van der Waals surface area contributed by atoms with Crippen LogP contribution >= 0.6 is 23.5 Å². The fraction of sp³-hybridized carbons (Fsp3) is 0.625. The molecule has 0 aromatic carbocycles. The van der Waals surface area contributed by atoms with Crippen molar-refractivity contribution in [2.24, 2.45) is 0 Å². The van der Waals surface area contributed by atoms with Gasteiger partial charge in [-0.3, -0.25) is 28.0 Å². The molecule has 27 nitrogen and oxygen atoms in total. The van der Waals surface area contributed by atoms with Crippen LogP contribution in [-0.2, 0) is 55.3 Å². The second-order valence-corrected chi connectivity index (χ2v) is 16.2. The van der Waals surface area contributed by atoms with Gasteiger partial charge < -0.3 is 64.1 Å². The predicted molar refractivity (Wildman–Crippen MR) is 173 cm³/mol. The zero-order valence-electron chi connectivity index (χ0n) is 28.6. The van der Waals surface area contributed by atoms with Gasteiger partial charge in [-0.2, -0.15) is 9.66 Å². The van der Waals surface area contributed by atoms with Crippen molar-refractivity contribution in [1.82, 2.24) is 29.5 Å². The number of nitrogens with one attached hydrogen (secondary N) is 2. The van der Waals surface area contributed by atoms with E-state index in [0.717, 1.165) is 0 Å². The highest BCUT2D eigenvalue weighted by molar-refractivity contribution is 7.65. The number of aliphatic hydroxyl groups is 1. The Bertz CT molecular complexity index is 2040. The second-order valence-electron chi connectivity index (χ2n) is 11.8. The fourth-order valence-electron chi connectivity index (χ4n) is 6.12. The first-order valence-electron chi connectivity index (χ1n) is 15.6. The molecule has 0 amide bonds. The summed E-state index contributed by atoms with van der Waals surface area (Å²) in [6.07, 6.45) is -4.75. The molecule has 2 fully saturated rings. The number of fused-ring (bicyclic) bond motifs is 2. The Hall–Kier alpha value is -3.20. The average molecular weight is 828 g/mol. The van der Waals surface area contributed by atoms with Crippen LogP contribution in [0.25, 0.3) is 11.2 Å². The van der Waals surface area contributed by atoms with Crippen LogP contribution in [0.15, 0.2) is 17.4 Å². The largest absolute Gasteiger partial charge is 0.756 e. The number of methoxy groups -OCH3 is 2. The lowest BCUT2D eigenvalue weighted by atomic mass is 10.1. The summed E-state index contributed by atoms with van der Waals surface area (Å²) in [6, 6.07) is 0. The Morgan fingerprint density at radius 1 is 1.06 bits per heavy atom. The monoisotopic (exact) mass is 827 g/mol. The lowest BCUT2D eigenvalue weighted by Gasteiger charge is -2.34. The van der Waals surface area contributed by atoms with Gasteiger partial charge in [-0.1, -0.05) is 0 Å². The zero-order chi connectivity index (χ0) is 39.2. The van der Waals surface area contributed by atoms with Crippen LogP contribution < -0.4 is 41.1 Å². The maximum Gasteiger partial charge on any atom is 0.304 e.